The van der Waals surface area contributed by atoms with Crippen LogP contribution in [0.15, 0.2) is 10.8 Å². The number of rotatable bonds is 0. The molecule has 0 amide bonds. The molecule has 1 saturated carbocycles. The molecule has 2 atom stereocenters. The van der Waals surface area contributed by atoms with Crippen molar-refractivity contribution in [2.24, 2.45) is 5.41 Å². The predicted molar refractivity (Wildman–Crippen MR) is 52.8 cm³/mol. The van der Waals surface area contributed by atoms with Gasteiger partial charge in [-0.25, -0.2) is 0 Å². The van der Waals surface area contributed by atoms with E-state index in [0.717, 1.165) is 11.8 Å². The highest BCUT2D eigenvalue weighted by Gasteiger charge is 2.51. The second kappa shape index (κ2) is 1.95. The van der Waals surface area contributed by atoms with Gasteiger partial charge in [-0.15, -0.1) is 0 Å². The van der Waals surface area contributed by atoms with Gasteiger partial charge in [0.05, 0.1) is 0 Å². The van der Waals surface area contributed by atoms with Gasteiger partial charge in [0, 0.05) is 0 Å². The summed E-state index contributed by atoms with van der Waals surface area (Å²) >= 11 is 1.89. The minimum atomic E-state index is 0.568. The van der Waals surface area contributed by atoms with Crippen LogP contribution in [0.2, 0.25) is 0 Å². The molecule has 1 aromatic rings. The fourth-order valence-electron chi connectivity index (χ4n) is 3.32. The summed E-state index contributed by atoms with van der Waals surface area (Å²) in [7, 11) is 0. The summed E-state index contributed by atoms with van der Waals surface area (Å²) in [5.41, 5.74) is 3.93. The lowest BCUT2D eigenvalue weighted by Gasteiger charge is -2.24. The van der Waals surface area contributed by atoms with Crippen molar-refractivity contribution in [3.8, 4) is 0 Å². The molecule has 0 aliphatic heterocycles. The monoisotopic (exact) mass is 178 g/mol. The molecule has 0 nitrogen and oxygen atoms in total. The minimum Gasteiger partial charge on any atom is -0.152 e. The molecule has 1 fully saturated rings. The summed E-state index contributed by atoms with van der Waals surface area (Å²) in [4.78, 5) is 0. The maximum Gasteiger partial charge on any atom is -0.00553 e. The first-order valence-corrected chi connectivity index (χ1v) is 5.71. The summed E-state index contributed by atoms with van der Waals surface area (Å²) in [5.74, 6) is 1.76. The molecule has 64 valence electrons. The molecule has 2 unspecified atom stereocenters. The van der Waals surface area contributed by atoms with Gasteiger partial charge in [0.2, 0.25) is 0 Å². The van der Waals surface area contributed by atoms with Gasteiger partial charge in [0.1, 0.15) is 0 Å². The van der Waals surface area contributed by atoms with Crippen LogP contribution in [0.5, 0.6) is 0 Å². The molecular formula is C11H14S. The Hall–Kier alpha value is -0.300. The van der Waals surface area contributed by atoms with Crippen LogP contribution in [-0.2, 0) is 0 Å². The van der Waals surface area contributed by atoms with E-state index in [9.17, 15) is 0 Å². The third-order valence-corrected chi connectivity index (χ3v) is 4.79. The molecule has 3 rings (SSSR count). The van der Waals surface area contributed by atoms with Crippen LogP contribution in [0.1, 0.15) is 49.7 Å². The SMILES string of the molecule is CC1(C)C2CCC1c1cscc12. The van der Waals surface area contributed by atoms with E-state index in [1.165, 1.54) is 12.8 Å². The van der Waals surface area contributed by atoms with E-state index in [1.807, 2.05) is 11.3 Å². The molecule has 2 bridgehead atoms. The summed E-state index contributed by atoms with van der Waals surface area (Å²) in [6.45, 7) is 4.89. The maximum atomic E-state index is 2.44. The van der Waals surface area contributed by atoms with Crippen LogP contribution in [-0.4, -0.2) is 0 Å². The van der Waals surface area contributed by atoms with Gasteiger partial charge in [-0.05, 0) is 52.0 Å². The van der Waals surface area contributed by atoms with Gasteiger partial charge in [-0.2, -0.15) is 11.3 Å². The van der Waals surface area contributed by atoms with Crippen LogP contribution in [0.25, 0.3) is 0 Å². The lowest BCUT2D eigenvalue weighted by atomic mass is 9.80. The Labute approximate surface area is 77.6 Å². The quantitative estimate of drug-likeness (QED) is 0.567. The number of fused-ring (bicyclic) bond motifs is 5. The number of thiophene rings is 1. The standard InChI is InChI=1S/C11H14S/c1-11(2)9-3-4-10(11)8-6-12-5-7(8)9/h5-6,9-10H,3-4H2,1-2H3. The molecular weight excluding hydrogens is 164 g/mol. The van der Waals surface area contributed by atoms with E-state index in [2.05, 4.69) is 24.6 Å². The highest BCUT2D eigenvalue weighted by atomic mass is 32.1. The topological polar surface area (TPSA) is 0 Å². The van der Waals surface area contributed by atoms with Crippen LogP contribution < -0.4 is 0 Å². The highest BCUT2D eigenvalue weighted by molar-refractivity contribution is 7.08. The Bertz CT molecular complexity index is 293. The zero-order valence-corrected chi connectivity index (χ0v) is 8.45. The second-order valence-electron chi connectivity index (χ2n) is 4.79. The van der Waals surface area contributed by atoms with Gasteiger partial charge in [-0.3, -0.25) is 0 Å². The van der Waals surface area contributed by atoms with Crippen molar-refractivity contribution in [1.29, 1.82) is 0 Å². The molecule has 2 aliphatic rings. The first-order chi connectivity index (χ1) is 5.71. The first-order valence-electron chi connectivity index (χ1n) is 4.77. The highest BCUT2D eigenvalue weighted by Crippen LogP contribution is 2.64. The zero-order chi connectivity index (χ0) is 8.34. The second-order valence-corrected chi connectivity index (χ2v) is 5.53. The smallest absolute Gasteiger partial charge is 0.00553 e. The molecule has 0 radical (unpaired) electrons. The number of hydrogen-bond acceptors (Lipinski definition) is 1. The largest absolute Gasteiger partial charge is 0.152 e. The zero-order valence-electron chi connectivity index (χ0n) is 7.63. The average Bonchev–Trinajstić information content (AvgIpc) is 2.60. The van der Waals surface area contributed by atoms with Crippen LogP contribution in [0, 0.1) is 5.41 Å². The van der Waals surface area contributed by atoms with Crippen LogP contribution >= 0.6 is 11.3 Å². The van der Waals surface area contributed by atoms with E-state index in [4.69, 9.17) is 0 Å². The maximum absolute atomic E-state index is 2.44. The van der Waals surface area contributed by atoms with E-state index in [-0.39, 0.29) is 0 Å². The van der Waals surface area contributed by atoms with E-state index >= 15 is 0 Å². The Balaban J connectivity index is 2.23. The van der Waals surface area contributed by atoms with Gasteiger partial charge < -0.3 is 0 Å². The molecule has 1 heteroatoms. The Morgan fingerprint density at radius 2 is 1.67 bits per heavy atom. The van der Waals surface area contributed by atoms with Crippen molar-refractivity contribution in [2.45, 2.75) is 38.5 Å². The van der Waals surface area contributed by atoms with Crippen molar-refractivity contribution < 1.29 is 0 Å². The van der Waals surface area contributed by atoms with Gasteiger partial charge in [0.25, 0.3) is 0 Å². The van der Waals surface area contributed by atoms with Crippen molar-refractivity contribution in [3.63, 3.8) is 0 Å². The summed E-state index contributed by atoms with van der Waals surface area (Å²) in [6, 6.07) is 0. The third-order valence-electron chi connectivity index (χ3n) is 4.01. The lowest BCUT2D eigenvalue weighted by Crippen LogP contribution is -2.14. The van der Waals surface area contributed by atoms with Crippen LogP contribution in [0.3, 0.4) is 0 Å². The first kappa shape index (κ1) is 7.14. The van der Waals surface area contributed by atoms with Gasteiger partial charge in [0.15, 0.2) is 0 Å². The van der Waals surface area contributed by atoms with E-state index < -0.39 is 0 Å². The Kier molecular flexibility index (Phi) is 1.16. The molecule has 0 aromatic carbocycles. The molecule has 12 heavy (non-hydrogen) atoms. The molecule has 2 aliphatic carbocycles. The average molecular weight is 178 g/mol. The van der Waals surface area contributed by atoms with Crippen molar-refractivity contribution >= 4 is 11.3 Å². The Morgan fingerprint density at radius 3 is 2.17 bits per heavy atom. The van der Waals surface area contributed by atoms with Crippen molar-refractivity contribution in [1.82, 2.24) is 0 Å². The predicted octanol–water partition coefficient (Wildman–Crippen LogP) is 3.75. The van der Waals surface area contributed by atoms with Gasteiger partial charge in [-0.1, -0.05) is 13.8 Å². The fraction of sp³-hybridized carbons (Fsp3) is 0.636. The minimum absolute atomic E-state index is 0.568. The molecule has 0 spiro atoms. The van der Waals surface area contributed by atoms with Crippen LogP contribution in [0.4, 0.5) is 0 Å². The molecule has 1 aromatic heterocycles. The number of hydrogen-bond donors (Lipinski definition) is 0. The van der Waals surface area contributed by atoms with E-state index in [0.29, 0.717) is 5.41 Å². The molecule has 0 saturated heterocycles. The lowest BCUT2D eigenvalue weighted by molar-refractivity contribution is 0.325. The molecule has 0 N–H and O–H groups in total. The van der Waals surface area contributed by atoms with Crippen molar-refractivity contribution in [3.05, 3.63) is 21.9 Å². The Morgan fingerprint density at radius 1 is 1.17 bits per heavy atom. The van der Waals surface area contributed by atoms with E-state index in [1.54, 1.807) is 11.1 Å². The summed E-state index contributed by atoms with van der Waals surface area (Å²) in [6.07, 6.45) is 2.86. The summed E-state index contributed by atoms with van der Waals surface area (Å²) in [5, 5.41) is 4.75. The third kappa shape index (κ3) is 0.610. The summed E-state index contributed by atoms with van der Waals surface area (Å²) < 4.78 is 0. The van der Waals surface area contributed by atoms with Crippen molar-refractivity contribution in [2.75, 3.05) is 0 Å². The molecule has 1 heterocycles. The normalized spacial score (nSPS) is 35.5. The van der Waals surface area contributed by atoms with Gasteiger partial charge >= 0.3 is 0 Å². The fourth-order valence-corrected chi connectivity index (χ4v) is 4.28.